The SMILES string of the molecule is Cc1nnc(SCc2c(C(=O)N(C)c3cccc(C)c3C)oc3ccccc23)s1. The lowest BCUT2D eigenvalue weighted by Gasteiger charge is -2.20. The van der Waals surface area contributed by atoms with Crippen LogP contribution in [0.3, 0.4) is 0 Å². The summed E-state index contributed by atoms with van der Waals surface area (Å²) in [5.41, 5.74) is 4.72. The Morgan fingerprint density at radius 3 is 2.66 bits per heavy atom. The summed E-state index contributed by atoms with van der Waals surface area (Å²) >= 11 is 3.12. The molecule has 2 aromatic carbocycles. The van der Waals surface area contributed by atoms with Gasteiger partial charge in [0.2, 0.25) is 0 Å². The van der Waals surface area contributed by atoms with Gasteiger partial charge in [-0.25, -0.2) is 0 Å². The molecule has 4 rings (SSSR count). The van der Waals surface area contributed by atoms with Crippen molar-refractivity contribution in [1.82, 2.24) is 10.2 Å². The van der Waals surface area contributed by atoms with E-state index in [1.807, 2.05) is 63.2 Å². The molecule has 0 unspecified atom stereocenters. The number of thioether (sulfide) groups is 1. The van der Waals surface area contributed by atoms with Crippen LogP contribution in [0.5, 0.6) is 0 Å². The van der Waals surface area contributed by atoms with Crippen molar-refractivity contribution in [3.05, 3.63) is 69.9 Å². The molecule has 148 valence electrons. The smallest absolute Gasteiger partial charge is 0.294 e. The number of nitrogens with zero attached hydrogens (tertiary/aromatic N) is 3. The van der Waals surface area contributed by atoms with Gasteiger partial charge in [-0.1, -0.05) is 53.4 Å². The number of aryl methyl sites for hydroxylation is 2. The van der Waals surface area contributed by atoms with Gasteiger partial charge in [-0.05, 0) is 44.0 Å². The summed E-state index contributed by atoms with van der Waals surface area (Å²) < 4.78 is 6.91. The first-order valence-corrected chi connectivity index (χ1v) is 11.0. The van der Waals surface area contributed by atoms with E-state index in [1.165, 1.54) is 0 Å². The van der Waals surface area contributed by atoms with E-state index in [0.29, 0.717) is 17.1 Å². The molecule has 2 heterocycles. The van der Waals surface area contributed by atoms with Crippen LogP contribution >= 0.6 is 23.1 Å². The van der Waals surface area contributed by atoms with Gasteiger partial charge in [-0.15, -0.1) is 10.2 Å². The van der Waals surface area contributed by atoms with E-state index in [1.54, 1.807) is 35.0 Å². The number of aromatic nitrogens is 2. The molecular weight excluding hydrogens is 402 g/mol. The highest BCUT2D eigenvalue weighted by Gasteiger charge is 2.25. The van der Waals surface area contributed by atoms with Gasteiger partial charge in [0.1, 0.15) is 10.6 Å². The number of fused-ring (bicyclic) bond motifs is 1. The molecule has 4 aromatic rings. The number of carbonyl (C=O) groups excluding carboxylic acids is 1. The number of furan rings is 1. The Morgan fingerprint density at radius 2 is 1.90 bits per heavy atom. The lowest BCUT2D eigenvalue weighted by Crippen LogP contribution is -2.27. The Morgan fingerprint density at radius 1 is 1.10 bits per heavy atom. The largest absolute Gasteiger partial charge is 0.451 e. The summed E-state index contributed by atoms with van der Waals surface area (Å²) in [7, 11) is 1.79. The van der Waals surface area contributed by atoms with Crippen molar-refractivity contribution in [2.45, 2.75) is 30.9 Å². The number of amides is 1. The molecule has 0 aliphatic heterocycles. The van der Waals surface area contributed by atoms with E-state index in [2.05, 4.69) is 10.2 Å². The van der Waals surface area contributed by atoms with Gasteiger partial charge >= 0.3 is 0 Å². The van der Waals surface area contributed by atoms with Crippen molar-refractivity contribution < 1.29 is 9.21 Å². The quantitative estimate of drug-likeness (QED) is 0.381. The molecule has 2 aromatic heterocycles. The molecule has 0 saturated heterocycles. The minimum absolute atomic E-state index is 0.154. The summed E-state index contributed by atoms with van der Waals surface area (Å²) in [5.74, 6) is 0.815. The van der Waals surface area contributed by atoms with Crippen LogP contribution in [-0.2, 0) is 5.75 Å². The third-order valence-corrected chi connectivity index (χ3v) is 6.98. The Hall–Kier alpha value is -2.64. The third-order valence-electron chi connectivity index (χ3n) is 4.98. The van der Waals surface area contributed by atoms with Crippen molar-refractivity contribution >= 4 is 45.7 Å². The zero-order valence-corrected chi connectivity index (χ0v) is 18.4. The lowest BCUT2D eigenvalue weighted by atomic mass is 10.1. The molecule has 0 radical (unpaired) electrons. The predicted octanol–water partition coefficient (Wildman–Crippen LogP) is 5.78. The summed E-state index contributed by atoms with van der Waals surface area (Å²) in [6.07, 6.45) is 0. The standard InChI is InChI=1S/C22H21N3O2S2/c1-13-8-7-10-18(14(13)2)25(4)21(26)20-17(12-28-22-24-23-15(3)29-22)16-9-5-6-11-19(16)27-20/h5-11H,12H2,1-4H3. The first-order valence-electron chi connectivity index (χ1n) is 9.23. The molecule has 1 amide bonds. The molecule has 0 atom stereocenters. The molecule has 0 aliphatic carbocycles. The number of benzene rings is 2. The molecule has 29 heavy (non-hydrogen) atoms. The fourth-order valence-electron chi connectivity index (χ4n) is 3.25. The average Bonchev–Trinajstić information content (AvgIpc) is 3.30. The van der Waals surface area contributed by atoms with Crippen LogP contribution in [0.4, 0.5) is 5.69 Å². The van der Waals surface area contributed by atoms with E-state index in [-0.39, 0.29) is 5.91 Å². The molecule has 0 aliphatic rings. The van der Waals surface area contributed by atoms with Crippen LogP contribution < -0.4 is 4.90 Å². The Kier molecular flexibility index (Phi) is 5.43. The van der Waals surface area contributed by atoms with E-state index in [4.69, 9.17) is 4.42 Å². The fourth-order valence-corrected chi connectivity index (χ4v) is 5.09. The summed E-state index contributed by atoms with van der Waals surface area (Å²) in [4.78, 5) is 15.1. The summed E-state index contributed by atoms with van der Waals surface area (Å²) in [5, 5.41) is 10.1. The van der Waals surface area contributed by atoms with Crippen molar-refractivity contribution in [3.63, 3.8) is 0 Å². The van der Waals surface area contributed by atoms with Gasteiger partial charge in [0.05, 0.1) is 0 Å². The maximum absolute atomic E-state index is 13.4. The highest BCUT2D eigenvalue weighted by Crippen LogP contribution is 2.34. The Labute approximate surface area is 177 Å². The summed E-state index contributed by atoms with van der Waals surface area (Å²) in [6, 6.07) is 13.7. The zero-order chi connectivity index (χ0) is 20.5. The minimum atomic E-state index is -0.154. The molecule has 0 bridgehead atoms. The Balaban J connectivity index is 1.72. The van der Waals surface area contributed by atoms with Crippen LogP contribution in [0.2, 0.25) is 0 Å². The molecule has 0 N–H and O–H groups in total. The van der Waals surface area contributed by atoms with Crippen molar-refractivity contribution in [2.75, 3.05) is 11.9 Å². The molecule has 5 nitrogen and oxygen atoms in total. The van der Waals surface area contributed by atoms with Gasteiger partial charge < -0.3 is 9.32 Å². The first kappa shape index (κ1) is 19.7. The second-order valence-corrected chi connectivity index (χ2v) is 9.27. The zero-order valence-electron chi connectivity index (χ0n) is 16.7. The normalized spacial score (nSPS) is 11.2. The van der Waals surface area contributed by atoms with E-state index < -0.39 is 0 Å². The van der Waals surface area contributed by atoms with Crippen LogP contribution in [0.1, 0.15) is 32.3 Å². The van der Waals surface area contributed by atoms with Crippen molar-refractivity contribution in [2.24, 2.45) is 0 Å². The average molecular weight is 424 g/mol. The molecular formula is C22H21N3O2S2. The van der Waals surface area contributed by atoms with Crippen LogP contribution in [0, 0.1) is 20.8 Å². The van der Waals surface area contributed by atoms with Crippen molar-refractivity contribution in [1.29, 1.82) is 0 Å². The second kappa shape index (κ2) is 8.00. The van der Waals surface area contributed by atoms with Gasteiger partial charge in [0.15, 0.2) is 10.1 Å². The van der Waals surface area contributed by atoms with Crippen LogP contribution in [0.15, 0.2) is 51.2 Å². The number of anilines is 1. The van der Waals surface area contributed by atoms with E-state index >= 15 is 0 Å². The highest BCUT2D eigenvalue weighted by molar-refractivity contribution is 8.00. The number of hydrogen-bond donors (Lipinski definition) is 0. The molecule has 0 fully saturated rings. The van der Waals surface area contributed by atoms with Crippen LogP contribution in [-0.4, -0.2) is 23.2 Å². The topological polar surface area (TPSA) is 59.2 Å². The van der Waals surface area contributed by atoms with Crippen molar-refractivity contribution in [3.8, 4) is 0 Å². The van der Waals surface area contributed by atoms with Gasteiger partial charge in [0, 0.05) is 29.4 Å². The van der Waals surface area contributed by atoms with Gasteiger partial charge in [0.25, 0.3) is 5.91 Å². The monoisotopic (exact) mass is 423 g/mol. The van der Waals surface area contributed by atoms with Gasteiger partial charge in [-0.2, -0.15) is 0 Å². The first-order chi connectivity index (χ1) is 14.0. The van der Waals surface area contributed by atoms with Crippen LogP contribution in [0.25, 0.3) is 11.0 Å². The fraction of sp³-hybridized carbons (Fsp3) is 0.227. The van der Waals surface area contributed by atoms with Gasteiger partial charge in [-0.3, -0.25) is 4.79 Å². The minimum Gasteiger partial charge on any atom is -0.451 e. The molecule has 0 spiro atoms. The number of carbonyl (C=O) groups is 1. The number of rotatable bonds is 5. The highest BCUT2D eigenvalue weighted by atomic mass is 32.2. The lowest BCUT2D eigenvalue weighted by molar-refractivity contribution is 0.0967. The molecule has 0 saturated carbocycles. The number of para-hydroxylation sites is 1. The maximum atomic E-state index is 13.4. The van der Waals surface area contributed by atoms with E-state index in [9.17, 15) is 4.79 Å². The Bertz CT molecular complexity index is 1200. The predicted molar refractivity (Wildman–Crippen MR) is 119 cm³/mol. The number of hydrogen-bond acceptors (Lipinski definition) is 6. The van der Waals surface area contributed by atoms with E-state index in [0.717, 1.165) is 37.1 Å². The second-order valence-electron chi connectivity index (χ2n) is 6.86. The molecule has 7 heteroatoms. The maximum Gasteiger partial charge on any atom is 0.294 e. The third kappa shape index (κ3) is 3.80. The summed E-state index contributed by atoms with van der Waals surface area (Å²) in [6.45, 7) is 6.01.